The van der Waals surface area contributed by atoms with Gasteiger partial charge in [0.1, 0.15) is 0 Å². The van der Waals surface area contributed by atoms with Gasteiger partial charge in [0.25, 0.3) is 5.95 Å². The first kappa shape index (κ1) is 18.0. The maximum atomic E-state index is 5.82. The van der Waals surface area contributed by atoms with Crippen LogP contribution in [0.2, 0.25) is 6.04 Å². The smallest absolute Gasteiger partial charge is 0.374 e. The molecule has 0 saturated heterocycles. The number of anilines is 1. The molecule has 0 aromatic carbocycles. The van der Waals surface area contributed by atoms with Crippen molar-refractivity contribution in [2.24, 2.45) is 0 Å². The molecular weight excluding hydrogens is 290 g/mol. The summed E-state index contributed by atoms with van der Waals surface area (Å²) in [4.78, 5) is 1.52. The minimum Gasteiger partial charge on any atom is -0.374 e. The van der Waals surface area contributed by atoms with Crippen LogP contribution in [0.15, 0.2) is 0 Å². The molecule has 0 unspecified atom stereocenters. The average Bonchev–Trinajstić information content (AvgIpc) is 2.85. The van der Waals surface area contributed by atoms with E-state index in [2.05, 4.69) is 15.4 Å². The van der Waals surface area contributed by atoms with E-state index in [1.54, 1.807) is 0 Å². The third-order valence-electron chi connectivity index (χ3n) is 2.90. The molecule has 9 heteroatoms. The van der Waals surface area contributed by atoms with Crippen LogP contribution in [0.5, 0.6) is 0 Å². The second kappa shape index (κ2) is 9.82. The Kier molecular flexibility index (Phi) is 8.43. The Morgan fingerprint density at radius 1 is 1.00 bits per heavy atom. The second-order valence-electron chi connectivity index (χ2n) is 4.54. The van der Waals surface area contributed by atoms with Gasteiger partial charge in [-0.15, -0.1) is 5.10 Å². The van der Waals surface area contributed by atoms with E-state index < -0.39 is 8.80 Å². The first-order valence-corrected chi connectivity index (χ1v) is 9.54. The lowest BCUT2D eigenvalue weighted by Crippen LogP contribution is -2.45. The molecule has 0 saturated carbocycles. The van der Waals surface area contributed by atoms with Crippen molar-refractivity contribution in [1.29, 1.82) is 0 Å². The molecule has 0 spiro atoms. The quantitative estimate of drug-likeness (QED) is 0.460. The van der Waals surface area contributed by atoms with E-state index in [1.165, 1.54) is 4.80 Å². The van der Waals surface area contributed by atoms with Gasteiger partial charge in [0.2, 0.25) is 0 Å². The van der Waals surface area contributed by atoms with E-state index in [0.717, 1.165) is 31.9 Å². The van der Waals surface area contributed by atoms with Crippen molar-refractivity contribution in [2.75, 3.05) is 25.6 Å². The number of tetrazole rings is 1. The third-order valence-corrected chi connectivity index (χ3v) is 6.05. The van der Waals surface area contributed by atoms with Crippen LogP contribution in [-0.4, -0.2) is 48.8 Å². The van der Waals surface area contributed by atoms with E-state index in [4.69, 9.17) is 19.0 Å². The van der Waals surface area contributed by atoms with Crippen LogP contribution < -0.4 is 5.73 Å². The Morgan fingerprint density at radius 2 is 1.62 bits per heavy atom. The van der Waals surface area contributed by atoms with Crippen LogP contribution in [0, 0.1) is 0 Å². The van der Waals surface area contributed by atoms with Crippen LogP contribution in [-0.2, 0) is 19.8 Å². The van der Waals surface area contributed by atoms with Gasteiger partial charge in [-0.2, -0.15) is 4.80 Å². The number of rotatable bonds is 12. The van der Waals surface area contributed by atoms with Crippen LogP contribution in [0.3, 0.4) is 0 Å². The summed E-state index contributed by atoms with van der Waals surface area (Å²) in [5, 5.41) is 11.4. The molecule has 0 bridgehead atoms. The number of nitrogens with two attached hydrogens (primary N) is 1. The SMILES string of the molecule is CCO[Si](CCCCCn1nnc(N)n1)(OCC)OCC. The van der Waals surface area contributed by atoms with Crippen molar-refractivity contribution < 1.29 is 13.3 Å². The Bertz CT molecular complexity index is 374. The second-order valence-corrected chi connectivity index (χ2v) is 7.27. The summed E-state index contributed by atoms with van der Waals surface area (Å²) in [6.45, 7) is 8.50. The maximum absolute atomic E-state index is 5.82. The standard InChI is InChI=1S/C12H27N5O3Si/c1-4-18-21(19-5-2,20-6-3)11-9-7-8-10-17-15-12(13)14-16-17/h4-11H2,1-3H3,(H2,13,15). The van der Waals surface area contributed by atoms with Crippen LogP contribution in [0.1, 0.15) is 40.0 Å². The van der Waals surface area contributed by atoms with E-state index in [0.29, 0.717) is 19.8 Å². The Balaban J connectivity index is 2.31. The molecule has 8 nitrogen and oxygen atoms in total. The topological polar surface area (TPSA) is 97.3 Å². The van der Waals surface area contributed by atoms with Crippen molar-refractivity contribution in [3.8, 4) is 0 Å². The fourth-order valence-corrected chi connectivity index (χ4v) is 4.81. The largest absolute Gasteiger partial charge is 0.500 e. The predicted octanol–water partition coefficient (Wildman–Crippen LogP) is 1.47. The zero-order chi connectivity index (χ0) is 15.6. The first-order chi connectivity index (χ1) is 10.2. The monoisotopic (exact) mass is 317 g/mol. The summed E-state index contributed by atoms with van der Waals surface area (Å²) < 4.78 is 17.4. The lowest BCUT2D eigenvalue weighted by Gasteiger charge is -2.28. The number of hydrogen-bond acceptors (Lipinski definition) is 7. The molecule has 0 amide bonds. The van der Waals surface area contributed by atoms with Crippen LogP contribution >= 0.6 is 0 Å². The molecule has 1 aromatic heterocycles. The molecule has 0 atom stereocenters. The highest BCUT2D eigenvalue weighted by Gasteiger charge is 2.39. The summed E-state index contributed by atoms with van der Waals surface area (Å²) in [7, 11) is -2.49. The van der Waals surface area contributed by atoms with Gasteiger partial charge >= 0.3 is 8.80 Å². The normalized spacial score (nSPS) is 12.0. The van der Waals surface area contributed by atoms with Gasteiger partial charge in [-0.3, -0.25) is 0 Å². The molecule has 2 N–H and O–H groups in total. The summed E-state index contributed by atoms with van der Waals surface area (Å²) in [6.07, 6.45) is 2.99. The summed E-state index contributed by atoms with van der Waals surface area (Å²) in [5.74, 6) is 0.213. The van der Waals surface area contributed by atoms with Crippen LogP contribution in [0.25, 0.3) is 0 Å². The predicted molar refractivity (Wildman–Crippen MR) is 81.5 cm³/mol. The summed E-state index contributed by atoms with van der Waals surface area (Å²) >= 11 is 0. The molecule has 0 radical (unpaired) electrons. The van der Waals surface area contributed by atoms with Crippen molar-refractivity contribution in [3.63, 3.8) is 0 Å². The van der Waals surface area contributed by atoms with Gasteiger partial charge < -0.3 is 19.0 Å². The van der Waals surface area contributed by atoms with E-state index in [1.807, 2.05) is 20.8 Å². The Labute approximate surface area is 127 Å². The number of aryl methyl sites for hydroxylation is 1. The summed E-state index contributed by atoms with van der Waals surface area (Å²) in [6, 6.07) is 0.843. The molecule has 0 fully saturated rings. The highest BCUT2D eigenvalue weighted by Crippen LogP contribution is 2.20. The van der Waals surface area contributed by atoms with E-state index in [9.17, 15) is 0 Å². The Hall–Kier alpha value is -1.03. The highest BCUT2D eigenvalue weighted by atomic mass is 28.4. The van der Waals surface area contributed by atoms with Crippen molar-refractivity contribution in [2.45, 2.75) is 52.6 Å². The molecule has 1 heterocycles. The zero-order valence-electron chi connectivity index (χ0n) is 13.2. The fraction of sp³-hybridized carbons (Fsp3) is 0.917. The fourth-order valence-electron chi connectivity index (χ4n) is 2.12. The Morgan fingerprint density at radius 3 is 2.10 bits per heavy atom. The first-order valence-electron chi connectivity index (χ1n) is 7.61. The number of unbranched alkanes of at least 4 members (excludes halogenated alkanes) is 2. The molecule has 0 aliphatic heterocycles. The van der Waals surface area contributed by atoms with E-state index >= 15 is 0 Å². The average molecular weight is 317 g/mol. The number of nitrogens with zero attached hydrogens (tertiary/aromatic N) is 4. The van der Waals surface area contributed by atoms with Gasteiger partial charge in [0.15, 0.2) is 0 Å². The minimum absolute atomic E-state index is 0.213. The van der Waals surface area contributed by atoms with Gasteiger partial charge in [0, 0.05) is 25.9 Å². The van der Waals surface area contributed by atoms with Gasteiger partial charge in [-0.25, -0.2) is 0 Å². The van der Waals surface area contributed by atoms with Crippen molar-refractivity contribution >= 4 is 14.8 Å². The maximum Gasteiger partial charge on any atom is 0.500 e. The number of aromatic nitrogens is 4. The van der Waals surface area contributed by atoms with Crippen molar-refractivity contribution in [1.82, 2.24) is 20.2 Å². The van der Waals surface area contributed by atoms with Crippen molar-refractivity contribution in [3.05, 3.63) is 0 Å². The molecule has 21 heavy (non-hydrogen) atoms. The van der Waals surface area contributed by atoms with Gasteiger partial charge in [-0.05, 0) is 38.8 Å². The van der Waals surface area contributed by atoms with Gasteiger partial charge in [-0.1, -0.05) is 11.5 Å². The number of nitrogen functional groups attached to an aromatic ring is 1. The lowest BCUT2D eigenvalue weighted by molar-refractivity contribution is 0.0706. The molecule has 1 aromatic rings. The molecule has 1 rings (SSSR count). The van der Waals surface area contributed by atoms with Crippen LogP contribution in [0.4, 0.5) is 5.95 Å². The molecular formula is C12H27N5O3Si. The third kappa shape index (κ3) is 6.51. The molecule has 0 aliphatic carbocycles. The number of hydrogen-bond donors (Lipinski definition) is 1. The van der Waals surface area contributed by atoms with E-state index in [-0.39, 0.29) is 5.95 Å². The van der Waals surface area contributed by atoms with Gasteiger partial charge in [0.05, 0.1) is 6.54 Å². The zero-order valence-corrected chi connectivity index (χ0v) is 14.2. The minimum atomic E-state index is -2.49. The highest BCUT2D eigenvalue weighted by molar-refractivity contribution is 6.60. The lowest BCUT2D eigenvalue weighted by atomic mass is 10.2. The summed E-state index contributed by atoms with van der Waals surface area (Å²) in [5.41, 5.74) is 5.42. The molecule has 0 aliphatic rings. The molecule has 122 valence electrons.